The fourth-order valence-corrected chi connectivity index (χ4v) is 2.31. The second-order valence-corrected chi connectivity index (χ2v) is 4.94. The molecule has 1 atom stereocenters. The van der Waals surface area contributed by atoms with Crippen LogP contribution in [0, 0.1) is 5.82 Å². The number of amides is 1. The van der Waals surface area contributed by atoms with Crippen molar-refractivity contribution < 1.29 is 19.0 Å². The Morgan fingerprint density at radius 2 is 1.86 bits per heavy atom. The highest BCUT2D eigenvalue weighted by atomic mass is 19.1. The molecule has 4 nitrogen and oxygen atoms in total. The fraction of sp³-hybridized carbons (Fsp3) is 0.562. The third kappa shape index (κ3) is 5.01. The number of carbonyl (C=O) groups is 1. The summed E-state index contributed by atoms with van der Waals surface area (Å²) in [4.78, 5) is 14.1. The molecule has 0 fully saturated rings. The summed E-state index contributed by atoms with van der Waals surface area (Å²) in [6, 6.07) is 5.65. The minimum absolute atomic E-state index is 0.0779. The van der Waals surface area contributed by atoms with Crippen molar-refractivity contribution in [1.29, 1.82) is 0 Å². The molecule has 1 rings (SSSR count). The summed E-state index contributed by atoms with van der Waals surface area (Å²) in [5.74, 6) is -0.0620. The summed E-state index contributed by atoms with van der Waals surface area (Å²) in [6.07, 6.45) is 0.972. The zero-order valence-corrected chi connectivity index (χ0v) is 12.9. The molecule has 0 aromatic heterocycles. The van der Waals surface area contributed by atoms with Crippen LogP contribution in [0.15, 0.2) is 24.3 Å². The van der Waals surface area contributed by atoms with Crippen molar-refractivity contribution >= 4 is 5.91 Å². The molecule has 0 aliphatic rings. The highest BCUT2D eigenvalue weighted by Crippen LogP contribution is 2.16. The maximum atomic E-state index is 12.9. The lowest BCUT2D eigenvalue weighted by molar-refractivity contribution is -0.141. The van der Waals surface area contributed by atoms with Gasteiger partial charge >= 0.3 is 0 Å². The second-order valence-electron chi connectivity index (χ2n) is 4.94. The van der Waals surface area contributed by atoms with Gasteiger partial charge in [-0.05, 0) is 44.0 Å². The molecule has 1 unspecified atom stereocenters. The van der Waals surface area contributed by atoms with Crippen LogP contribution in [0.2, 0.25) is 0 Å². The van der Waals surface area contributed by atoms with Gasteiger partial charge in [0.15, 0.2) is 6.10 Å². The largest absolute Gasteiger partial charge is 0.481 e. The first kappa shape index (κ1) is 17.4. The Balaban J connectivity index is 2.75. The predicted molar refractivity (Wildman–Crippen MR) is 79.7 cm³/mol. The van der Waals surface area contributed by atoms with Gasteiger partial charge in [0.1, 0.15) is 11.6 Å². The van der Waals surface area contributed by atoms with Crippen molar-refractivity contribution in [2.24, 2.45) is 0 Å². The van der Waals surface area contributed by atoms with Crippen molar-refractivity contribution in [3.05, 3.63) is 30.1 Å². The van der Waals surface area contributed by atoms with Gasteiger partial charge in [-0.25, -0.2) is 4.39 Å². The quantitative estimate of drug-likeness (QED) is 0.802. The van der Waals surface area contributed by atoms with Gasteiger partial charge < -0.3 is 14.7 Å². The summed E-state index contributed by atoms with van der Waals surface area (Å²) in [7, 11) is 0. The normalized spacial score (nSPS) is 12.3. The number of aliphatic hydroxyl groups is 1. The lowest BCUT2D eigenvalue weighted by atomic mass is 10.1. The fourth-order valence-electron chi connectivity index (χ4n) is 2.31. The average molecular weight is 297 g/mol. The molecular formula is C16H24FNO3. The third-order valence-electron chi connectivity index (χ3n) is 3.48. The number of benzene rings is 1. The van der Waals surface area contributed by atoms with Crippen LogP contribution in [0.25, 0.3) is 0 Å². The predicted octanol–water partition coefficient (Wildman–Crippen LogP) is 2.60. The molecule has 5 heteroatoms. The number of halogens is 1. The van der Waals surface area contributed by atoms with E-state index in [4.69, 9.17) is 9.84 Å². The Hall–Kier alpha value is -1.62. The van der Waals surface area contributed by atoms with Crippen molar-refractivity contribution in [3.8, 4) is 5.75 Å². The van der Waals surface area contributed by atoms with Crippen LogP contribution >= 0.6 is 0 Å². The van der Waals surface area contributed by atoms with Crippen molar-refractivity contribution in [3.63, 3.8) is 0 Å². The van der Waals surface area contributed by atoms with Crippen LogP contribution in [-0.4, -0.2) is 41.2 Å². The van der Waals surface area contributed by atoms with E-state index in [2.05, 4.69) is 0 Å². The van der Waals surface area contributed by atoms with Crippen molar-refractivity contribution in [1.82, 2.24) is 4.90 Å². The second kappa shape index (κ2) is 8.62. The molecule has 0 saturated heterocycles. The molecule has 118 valence electrons. The van der Waals surface area contributed by atoms with E-state index in [1.807, 2.05) is 13.8 Å². The number of carbonyl (C=O) groups excluding carboxylic acids is 1. The lowest BCUT2D eigenvalue weighted by Crippen LogP contribution is -2.47. The maximum Gasteiger partial charge on any atom is 0.263 e. The molecule has 0 radical (unpaired) electrons. The van der Waals surface area contributed by atoms with Crippen LogP contribution in [0.5, 0.6) is 5.75 Å². The number of hydrogen-bond acceptors (Lipinski definition) is 3. The lowest BCUT2D eigenvalue weighted by Gasteiger charge is -2.32. The molecule has 1 N–H and O–H groups in total. The van der Waals surface area contributed by atoms with E-state index in [0.29, 0.717) is 12.3 Å². The van der Waals surface area contributed by atoms with Gasteiger partial charge in [0, 0.05) is 12.6 Å². The number of rotatable bonds is 8. The third-order valence-corrected chi connectivity index (χ3v) is 3.48. The molecule has 0 bridgehead atoms. The Bertz CT molecular complexity index is 432. The van der Waals surface area contributed by atoms with E-state index in [9.17, 15) is 9.18 Å². The standard InChI is InChI=1S/C16H24FNO3/c1-4-14(5-2)18(10-11-19)16(20)12(3)21-15-8-6-13(17)7-9-15/h6-9,12,14,19H,4-5,10-11H2,1-3H3. The first-order valence-corrected chi connectivity index (χ1v) is 7.37. The first-order valence-electron chi connectivity index (χ1n) is 7.37. The van der Waals surface area contributed by atoms with E-state index in [0.717, 1.165) is 12.8 Å². The van der Waals surface area contributed by atoms with Crippen LogP contribution in [0.3, 0.4) is 0 Å². The molecule has 0 aliphatic carbocycles. The van der Waals surface area contributed by atoms with E-state index in [-0.39, 0.29) is 24.4 Å². The summed E-state index contributed by atoms with van der Waals surface area (Å²) >= 11 is 0. The molecule has 0 aliphatic heterocycles. The number of ether oxygens (including phenoxy) is 1. The van der Waals surface area contributed by atoms with Crippen molar-refractivity contribution in [2.75, 3.05) is 13.2 Å². The summed E-state index contributed by atoms with van der Waals surface area (Å²) < 4.78 is 18.4. The molecule has 0 spiro atoms. The van der Waals surface area contributed by atoms with Crippen molar-refractivity contribution in [2.45, 2.75) is 45.8 Å². The smallest absolute Gasteiger partial charge is 0.263 e. The minimum atomic E-state index is -0.678. The zero-order chi connectivity index (χ0) is 15.8. The van der Waals surface area contributed by atoms with Crippen LogP contribution < -0.4 is 4.74 Å². The summed E-state index contributed by atoms with van der Waals surface area (Å²) in [6.45, 7) is 5.90. The van der Waals surface area contributed by atoms with Crippen LogP contribution in [0.4, 0.5) is 4.39 Å². The number of nitrogens with zero attached hydrogens (tertiary/aromatic N) is 1. The van der Waals surface area contributed by atoms with Gasteiger partial charge in [0.05, 0.1) is 6.61 Å². The molecule has 21 heavy (non-hydrogen) atoms. The van der Waals surface area contributed by atoms with Gasteiger partial charge in [0.2, 0.25) is 0 Å². The maximum absolute atomic E-state index is 12.9. The molecule has 0 saturated carbocycles. The van der Waals surface area contributed by atoms with Gasteiger partial charge in [0.25, 0.3) is 5.91 Å². The molecule has 1 aromatic carbocycles. The van der Waals surface area contributed by atoms with E-state index in [1.165, 1.54) is 24.3 Å². The molecular weight excluding hydrogens is 273 g/mol. The van der Waals surface area contributed by atoms with Gasteiger partial charge in [-0.2, -0.15) is 0 Å². The van der Waals surface area contributed by atoms with Gasteiger partial charge in [-0.1, -0.05) is 13.8 Å². The van der Waals surface area contributed by atoms with E-state index < -0.39 is 6.10 Å². The topological polar surface area (TPSA) is 49.8 Å². The summed E-state index contributed by atoms with van der Waals surface area (Å²) in [5, 5.41) is 9.15. The Morgan fingerprint density at radius 1 is 1.29 bits per heavy atom. The highest BCUT2D eigenvalue weighted by Gasteiger charge is 2.26. The van der Waals surface area contributed by atoms with E-state index in [1.54, 1.807) is 11.8 Å². The minimum Gasteiger partial charge on any atom is -0.481 e. The van der Waals surface area contributed by atoms with Crippen LogP contribution in [-0.2, 0) is 4.79 Å². The molecule has 0 heterocycles. The zero-order valence-electron chi connectivity index (χ0n) is 12.9. The van der Waals surface area contributed by atoms with Gasteiger partial charge in [-0.15, -0.1) is 0 Å². The first-order chi connectivity index (χ1) is 10.0. The molecule has 1 aromatic rings. The average Bonchev–Trinajstić information content (AvgIpc) is 2.49. The Labute approximate surface area is 125 Å². The number of aliphatic hydroxyl groups excluding tert-OH is 1. The van der Waals surface area contributed by atoms with E-state index >= 15 is 0 Å². The summed E-state index contributed by atoms with van der Waals surface area (Å²) in [5.41, 5.74) is 0. The Morgan fingerprint density at radius 3 is 2.33 bits per heavy atom. The molecule has 1 amide bonds. The Kier molecular flexibility index (Phi) is 7.15. The highest BCUT2D eigenvalue weighted by molar-refractivity contribution is 5.81. The number of hydrogen-bond donors (Lipinski definition) is 1. The monoisotopic (exact) mass is 297 g/mol. The SMILES string of the molecule is CCC(CC)N(CCO)C(=O)C(C)Oc1ccc(F)cc1. The van der Waals surface area contributed by atoms with Crippen LogP contribution in [0.1, 0.15) is 33.6 Å². The van der Waals surface area contributed by atoms with Gasteiger partial charge in [-0.3, -0.25) is 4.79 Å².